The van der Waals surface area contributed by atoms with Gasteiger partial charge in [0, 0.05) is 19.6 Å². The molecule has 2 aliphatic rings. The summed E-state index contributed by atoms with van der Waals surface area (Å²) in [4.78, 5) is 2.43. The van der Waals surface area contributed by atoms with E-state index in [1.807, 2.05) is 12.1 Å². The molecule has 2 N–H and O–H groups in total. The third-order valence-corrected chi connectivity index (χ3v) is 5.11. The number of piperidine rings is 1. The molecule has 0 spiro atoms. The van der Waals surface area contributed by atoms with Gasteiger partial charge in [-0.1, -0.05) is 25.1 Å². The lowest BCUT2D eigenvalue weighted by Crippen LogP contribution is -2.35. The van der Waals surface area contributed by atoms with Crippen molar-refractivity contribution in [1.82, 2.24) is 0 Å². The third kappa shape index (κ3) is 4.87. The minimum atomic E-state index is -0.395. The Kier molecular flexibility index (Phi) is 6.98. The van der Waals surface area contributed by atoms with Crippen LogP contribution in [-0.4, -0.2) is 39.5 Å². The minimum absolute atomic E-state index is 0.172. The van der Waals surface area contributed by atoms with Crippen LogP contribution in [-0.2, 0) is 0 Å². The first kappa shape index (κ1) is 20.3. The fourth-order valence-electron chi connectivity index (χ4n) is 3.37. The maximum absolute atomic E-state index is 13.1. The smallest absolute Gasteiger partial charge is 0.197 e. The van der Waals surface area contributed by atoms with Crippen LogP contribution in [0.25, 0.3) is 0 Å². The molecule has 0 aromatic heterocycles. The molecule has 2 aromatic rings. The Hall–Kier alpha value is -2.47. The number of ether oxygens (including phenoxy) is 3. The van der Waals surface area contributed by atoms with Gasteiger partial charge in [-0.25, -0.2) is 4.39 Å². The lowest BCUT2D eigenvalue weighted by atomic mass is 9.99. The van der Waals surface area contributed by atoms with Crippen molar-refractivity contribution in [3.8, 4) is 17.2 Å². The van der Waals surface area contributed by atoms with Crippen molar-refractivity contribution < 1.29 is 18.6 Å². The number of nitrogens with zero attached hydrogens (tertiary/aromatic N) is 1. The Morgan fingerprint density at radius 2 is 1.89 bits per heavy atom. The summed E-state index contributed by atoms with van der Waals surface area (Å²) in [6, 6.07) is 12.9. The van der Waals surface area contributed by atoms with Crippen LogP contribution in [0.15, 0.2) is 42.5 Å². The van der Waals surface area contributed by atoms with E-state index in [4.69, 9.17) is 19.9 Å². The lowest BCUT2D eigenvalue weighted by Gasteiger charge is -2.32. The Balaban J connectivity index is 0.000000162. The van der Waals surface area contributed by atoms with Gasteiger partial charge in [0.1, 0.15) is 18.5 Å². The van der Waals surface area contributed by atoms with E-state index in [1.54, 1.807) is 19.2 Å². The van der Waals surface area contributed by atoms with Crippen molar-refractivity contribution in [2.24, 2.45) is 11.7 Å². The predicted molar refractivity (Wildman–Crippen MR) is 109 cm³/mol. The van der Waals surface area contributed by atoms with E-state index in [2.05, 4.69) is 24.0 Å². The number of nitrogens with two attached hydrogens (primary N) is 1. The van der Waals surface area contributed by atoms with Gasteiger partial charge >= 0.3 is 0 Å². The van der Waals surface area contributed by atoms with Crippen molar-refractivity contribution in [2.45, 2.75) is 25.9 Å². The maximum atomic E-state index is 13.1. The van der Waals surface area contributed by atoms with Crippen molar-refractivity contribution in [2.75, 3.05) is 38.3 Å². The van der Waals surface area contributed by atoms with Crippen LogP contribution in [0.2, 0.25) is 0 Å². The average Bonchev–Trinajstić information content (AvgIpc) is 2.74. The summed E-state index contributed by atoms with van der Waals surface area (Å²) in [5.74, 6) is 2.09. The Morgan fingerprint density at radius 1 is 1.14 bits per heavy atom. The summed E-state index contributed by atoms with van der Waals surface area (Å²) in [6.07, 6.45) is 2.41. The molecule has 5 nitrogen and oxygen atoms in total. The molecule has 0 amide bonds. The Labute approximate surface area is 166 Å². The topological polar surface area (TPSA) is 57.0 Å². The molecule has 0 aliphatic carbocycles. The van der Waals surface area contributed by atoms with Gasteiger partial charge in [0.15, 0.2) is 17.3 Å². The molecule has 28 heavy (non-hydrogen) atoms. The summed E-state index contributed by atoms with van der Waals surface area (Å²) >= 11 is 0. The Morgan fingerprint density at radius 3 is 2.61 bits per heavy atom. The fraction of sp³-hybridized carbons (Fsp3) is 0.455. The first-order chi connectivity index (χ1) is 13.6. The molecule has 1 atom stereocenters. The second-order valence-corrected chi connectivity index (χ2v) is 7.20. The molecule has 0 bridgehead atoms. The molecule has 1 unspecified atom stereocenters. The van der Waals surface area contributed by atoms with E-state index in [9.17, 15) is 4.39 Å². The second kappa shape index (κ2) is 9.64. The first-order valence-electron chi connectivity index (χ1n) is 9.78. The number of hydrogen-bond donors (Lipinski definition) is 1. The van der Waals surface area contributed by atoms with Gasteiger partial charge in [-0.2, -0.15) is 0 Å². The zero-order valence-electron chi connectivity index (χ0n) is 16.6. The van der Waals surface area contributed by atoms with Crippen molar-refractivity contribution in [1.29, 1.82) is 0 Å². The zero-order chi connectivity index (χ0) is 19.9. The van der Waals surface area contributed by atoms with Gasteiger partial charge in [0.25, 0.3) is 0 Å². The van der Waals surface area contributed by atoms with Gasteiger partial charge in [-0.05, 0) is 43.0 Å². The number of rotatable bonds is 3. The highest BCUT2D eigenvalue weighted by Gasteiger charge is 2.22. The summed E-state index contributed by atoms with van der Waals surface area (Å²) in [5, 5.41) is 0. The molecule has 2 aliphatic heterocycles. The number of para-hydroxylation sites is 3. The zero-order valence-corrected chi connectivity index (χ0v) is 16.6. The standard InChI is InChI=1S/C13H19NO.C9H10FNO2/c1-11-7-9-14(10-8-11)12-5-3-4-6-13(12)15-2;10-7-2-1-3-8-9(7)12-5-6(4-11)13-8/h3-6,11H,7-10H2,1-2H3;1-3,6H,4-5,11H2. The fourth-order valence-corrected chi connectivity index (χ4v) is 3.37. The molecule has 152 valence electrons. The number of fused-ring (bicyclic) bond motifs is 1. The van der Waals surface area contributed by atoms with Crippen LogP contribution in [0.4, 0.5) is 10.1 Å². The molecule has 1 fully saturated rings. The molecule has 0 radical (unpaired) electrons. The normalized spacial score (nSPS) is 18.9. The lowest BCUT2D eigenvalue weighted by molar-refractivity contribution is 0.0924. The number of hydrogen-bond acceptors (Lipinski definition) is 5. The predicted octanol–water partition coefficient (Wildman–Crippen LogP) is 3.86. The van der Waals surface area contributed by atoms with Gasteiger partial charge in [-0.3, -0.25) is 0 Å². The monoisotopic (exact) mass is 388 g/mol. The maximum Gasteiger partial charge on any atom is 0.197 e. The van der Waals surface area contributed by atoms with Crippen molar-refractivity contribution >= 4 is 5.69 Å². The molecule has 6 heteroatoms. The molecule has 2 heterocycles. The number of methoxy groups -OCH3 is 1. The highest BCUT2D eigenvalue weighted by Crippen LogP contribution is 2.33. The molecular weight excluding hydrogens is 359 g/mol. The SMILES string of the molecule is COc1ccccc1N1CCC(C)CC1.NCC1COc2c(F)cccc2O1. The van der Waals surface area contributed by atoms with E-state index in [1.165, 1.54) is 24.6 Å². The van der Waals surface area contributed by atoms with Gasteiger partial charge in [-0.15, -0.1) is 0 Å². The van der Waals surface area contributed by atoms with Crippen molar-refractivity contribution in [3.63, 3.8) is 0 Å². The molecule has 2 aromatic carbocycles. The average molecular weight is 388 g/mol. The minimum Gasteiger partial charge on any atom is -0.495 e. The van der Waals surface area contributed by atoms with E-state index in [0.717, 1.165) is 24.8 Å². The number of halogens is 1. The molecule has 1 saturated heterocycles. The largest absolute Gasteiger partial charge is 0.495 e. The van der Waals surface area contributed by atoms with E-state index >= 15 is 0 Å². The summed E-state index contributed by atoms with van der Waals surface area (Å²) in [5.41, 5.74) is 6.64. The number of benzene rings is 2. The first-order valence-corrected chi connectivity index (χ1v) is 9.78. The molecule has 4 rings (SSSR count). The van der Waals surface area contributed by atoms with Crippen molar-refractivity contribution in [3.05, 3.63) is 48.3 Å². The highest BCUT2D eigenvalue weighted by atomic mass is 19.1. The van der Waals surface area contributed by atoms with E-state index in [0.29, 0.717) is 18.9 Å². The van der Waals surface area contributed by atoms with Crippen LogP contribution < -0.4 is 24.8 Å². The quantitative estimate of drug-likeness (QED) is 0.865. The van der Waals surface area contributed by atoms with E-state index < -0.39 is 5.82 Å². The van der Waals surface area contributed by atoms with Crippen LogP contribution in [0, 0.1) is 11.7 Å². The molecular formula is C22H29FN2O3. The van der Waals surface area contributed by atoms with Crippen LogP contribution >= 0.6 is 0 Å². The van der Waals surface area contributed by atoms with E-state index in [-0.39, 0.29) is 11.9 Å². The Bertz CT molecular complexity index is 763. The summed E-state index contributed by atoms with van der Waals surface area (Å²) in [7, 11) is 1.74. The highest BCUT2D eigenvalue weighted by molar-refractivity contribution is 5.58. The number of anilines is 1. The third-order valence-electron chi connectivity index (χ3n) is 5.11. The second-order valence-electron chi connectivity index (χ2n) is 7.20. The van der Waals surface area contributed by atoms with Gasteiger partial charge < -0.3 is 24.8 Å². The van der Waals surface area contributed by atoms with Crippen LogP contribution in [0.3, 0.4) is 0 Å². The van der Waals surface area contributed by atoms with Gasteiger partial charge in [0.2, 0.25) is 0 Å². The summed E-state index contributed by atoms with van der Waals surface area (Å²) in [6.45, 7) is 5.32. The van der Waals surface area contributed by atoms with Crippen LogP contribution in [0.1, 0.15) is 19.8 Å². The summed E-state index contributed by atoms with van der Waals surface area (Å²) < 4.78 is 29.0. The van der Waals surface area contributed by atoms with Crippen LogP contribution in [0.5, 0.6) is 17.2 Å². The van der Waals surface area contributed by atoms with Gasteiger partial charge in [0.05, 0.1) is 12.8 Å². The molecule has 0 saturated carbocycles.